The standard InChI is InChI=1S/C23H30N4O3S/c1-16(28)18-7-4-8-19-20(25-11-5-10-24)14-22(26-23(18)19)27-12-13-31(29,30)21-9-3-2-6-17(21)15-27/h2-4,6-9,14,16,28-30H,5,10-13,15,24H2,1H3,(H,25,26). The quantitative estimate of drug-likeness (QED) is 0.364. The summed E-state index contributed by atoms with van der Waals surface area (Å²) in [5.74, 6) is 0.986. The SMILES string of the molecule is CC(O)c1cccc2c(NCCCN)cc(N3CCS(O)(O)c4ccccc4C3)nc12. The number of nitrogens with one attached hydrogen (secondary N) is 1. The van der Waals surface area contributed by atoms with E-state index >= 15 is 0 Å². The van der Waals surface area contributed by atoms with Crippen LogP contribution in [0.2, 0.25) is 0 Å². The molecule has 2 heterocycles. The first kappa shape index (κ1) is 21.9. The van der Waals surface area contributed by atoms with E-state index in [4.69, 9.17) is 10.7 Å². The Morgan fingerprint density at radius 2 is 2.00 bits per heavy atom. The van der Waals surface area contributed by atoms with Gasteiger partial charge in [-0.15, -0.1) is 0 Å². The number of anilines is 2. The smallest absolute Gasteiger partial charge is 0.131 e. The maximum Gasteiger partial charge on any atom is 0.131 e. The number of para-hydroxylation sites is 1. The molecule has 1 atom stereocenters. The van der Waals surface area contributed by atoms with Crippen molar-refractivity contribution in [2.24, 2.45) is 5.73 Å². The van der Waals surface area contributed by atoms with Crippen molar-refractivity contribution >= 4 is 33.0 Å². The number of aliphatic hydroxyl groups excluding tert-OH is 1. The Morgan fingerprint density at radius 1 is 1.19 bits per heavy atom. The lowest BCUT2D eigenvalue weighted by Crippen LogP contribution is -2.26. The van der Waals surface area contributed by atoms with Crippen LogP contribution >= 0.6 is 10.6 Å². The molecule has 0 radical (unpaired) electrons. The third-order valence-electron chi connectivity index (χ3n) is 5.66. The highest BCUT2D eigenvalue weighted by atomic mass is 32.3. The molecule has 1 aliphatic rings. The molecule has 0 amide bonds. The average molecular weight is 443 g/mol. The van der Waals surface area contributed by atoms with Crippen molar-refractivity contribution in [3.05, 3.63) is 59.7 Å². The Balaban J connectivity index is 1.80. The van der Waals surface area contributed by atoms with E-state index in [2.05, 4.69) is 10.2 Å². The van der Waals surface area contributed by atoms with Crippen molar-refractivity contribution in [3.8, 4) is 0 Å². The third kappa shape index (κ3) is 4.49. The summed E-state index contributed by atoms with van der Waals surface area (Å²) in [7, 11) is -2.85. The molecule has 2 aromatic carbocycles. The second-order valence-electron chi connectivity index (χ2n) is 7.92. The van der Waals surface area contributed by atoms with Gasteiger partial charge in [0.1, 0.15) is 5.82 Å². The van der Waals surface area contributed by atoms with Crippen LogP contribution in [0, 0.1) is 0 Å². The van der Waals surface area contributed by atoms with Gasteiger partial charge in [-0.25, -0.2) is 4.98 Å². The van der Waals surface area contributed by atoms with E-state index in [1.807, 2.05) is 42.5 Å². The van der Waals surface area contributed by atoms with Gasteiger partial charge in [0.25, 0.3) is 0 Å². The molecule has 8 heteroatoms. The van der Waals surface area contributed by atoms with Gasteiger partial charge in [0.15, 0.2) is 0 Å². The molecule has 0 spiro atoms. The molecule has 0 saturated heterocycles. The number of benzene rings is 2. The Hall–Kier alpha value is -2.36. The molecule has 1 aromatic heterocycles. The minimum Gasteiger partial charge on any atom is -0.389 e. The van der Waals surface area contributed by atoms with Crippen molar-refractivity contribution in [1.82, 2.24) is 4.98 Å². The Morgan fingerprint density at radius 3 is 2.77 bits per heavy atom. The van der Waals surface area contributed by atoms with E-state index < -0.39 is 16.7 Å². The largest absolute Gasteiger partial charge is 0.389 e. The molecule has 7 nitrogen and oxygen atoms in total. The van der Waals surface area contributed by atoms with Gasteiger partial charge in [-0.3, -0.25) is 9.11 Å². The van der Waals surface area contributed by atoms with Gasteiger partial charge < -0.3 is 21.1 Å². The Kier molecular flexibility index (Phi) is 6.36. The normalized spacial score (nSPS) is 17.6. The van der Waals surface area contributed by atoms with Gasteiger partial charge in [0.2, 0.25) is 0 Å². The first-order chi connectivity index (χ1) is 14.9. The van der Waals surface area contributed by atoms with Gasteiger partial charge in [-0.2, -0.15) is 10.6 Å². The zero-order chi connectivity index (χ0) is 22.0. The number of pyridine rings is 1. The van der Waals surface area contributed by atoms with Crippen molar-refractivity contribution in [2.45, 2.75) is 30.9 Å². The highest BCUT2D eigenvalue weighted by Crippen LogP contribution is 2.51. The fourth-order valence-corrected chi connectivity index (χ4v) is 5.55. The van der Waals surface area contributed by atoms with Crippen LogP contribution in [-0.4, -0.2) is 44.6 Å². The molecule has 0 bridgehead atoms. The zero-order valence-electron chi connectivity index (χ0n) is 17.7. The maximum absolute atomic E-state index is 10.7. The van der Waals surface area contributed by atoms with Crippen LogP contribution in [0.3, 0.4) is 0 Å². The van der Waals surface area contributed by atoms with E-state index in [0.717, 1.165) is 46.5 Å². The van der Waals surface area contributed by atoms with Crippen molar-refractivity contribution in [3.63, 3.8) is 0 Å². The lowest BCUT2D eigenvalue weighted by Gasteiger charge is -2.32. The first-order valence-corrected chi connectivity index (χ1v) is 12.3. The number of fused-ring (bicyclic) bond motifs is 2. The van der Waals surface area contributed by atoms with E-state index in [1.54, 1.807) is 13.0 Å². The van der Waals surface area contributed by atoms with Crippen LogP contribution in [-0.2, 0) is 6.54 Å². The molecular formula is C23H30N4O3S. The van der Waals surface area contributed by atoms with Crippen LogP contribution < -0.4 is 16.0 Å². The lowest BCUT2D eigenvalue weighted by atomic mass is 10.0. The second kappa shape index (κ2) is 9.02. The minimum absolute atomic E-state index is 0.248. The number of nitrogens with two attached hydrogens (primary N) is 1. The van der Waals surface area contributed by atoms with Gasteiger partial charge >= 0.3 is 0 Å². The Bertz CT molecular complexity index is 1070. The predicted octanol–water partition coefficient (Wildman–Crippen LogP) is 4.18. The van der Waals surface area contributed by atoms with Gasteiger partial charge in [0, 0.05) is 42.3 Å². The van der Waals surface area contributed by atoms with Gasteiger partial charge in [-0.1, -0.05) is 36.4 Å². The summed E-state index contributed by atoms with van der Waals surface area (Å²) < 4.78 is 21.4. The van der Waals surface area contributed by atoms with E-state index in [-0.39, 0.29) is 5.75 Å². The van der Waals surface area contributed by atoms with E-state index in [0.29, 0.717) is 24.5 Å². The van der Waals surface area contributed by atoms with Crippen molar-refractivity contribution < 1.29 is 14.2 Å². The summed E-state index contributed by atoms with van der Waals surface area (Å²) in [4.78, 5) is 7.61. The molecule has 0 aliphatic carbocycles. The number of rotatable bonds is 6. The van der Waals surface area contributed by atoms with Crippen LogP contribution in [0.15, 0.2) is 53.4 Å². The van der Waals surface area contributed by atoms with Crippen molar-refractivity contribution in [1.29, 1.82) is 0 Å². The molecule has 4 rings (SSSR count). The fraction of sp³-hybridized carbons (Fsp3) is 0.348. The number of hydrogen-bond acceptors (Lipinski definition) is 7. The van der Waals surface area contributed by atoms with Crippen molar-refractivity contribution in [2.75, 3.05) is 35.6 Å². The lowest BCUT2D eigenvalue weighted by molar-refractivity contribution is 0.200. The van der Waals surface area contributed by atoms with E-state index in [1.165, 1.54) is 0 Å². The summed E-state index contributed by atoms with van der Waals surface area (Å²) >= 11 is 0. The summed E-state index contributed by atoms with van der Waals surface area (Å²) in [5, 5.41) is 14.7. The highest BCUT2D eigenvalue weighted by molar-refractivity contribution is 8.24. The topological polar surface area (TPSA) is 115 Å². The molecule has 0 saturated carbocycles. The summed E-state index contributed by atoms with van der Waals surface area (Å²) in [6, 6.07) is 15.3. The number of aliphatic hydroxyl groups is 1. The molecular weight excluding hydrogens is 412 g/mol. The highest BCUT2D eigenvalue weighted by Gasteiger charge is 2.27. The molecule has 6 N–H and O–H groups in total. The van der Waals surface area contributed by atoms with Crippen LogP contribution in [0.25, 0.3) is 10.9 Å². The number of hydrogen-bond donors (Lipinski definition) is 5. The van der Waals surface area contributed by atoms with Gasteiger partial charge in [0.05, 0.1) is 22.3 Å². The van der Waals surface area contributed by atoms with Crippen LogP contribution in [0.5, 0.6) is 0 Å². The van der Waals surface area contributed by atoms with Gasteiger partial charge in [-0.05, 0) is 31.5 Å². The fourth-order valence-electron chi connectivity index (χ4n) is 4.01. The monoisotopic (exact) mass is 442 g/mol. The predicted molar refractivity (Wildman–Crippen MR) is 128 cm³/mol. The number of aromatic nitrogens is 1. The zero-order valence-corrected chi connectivity index (χ0v) is 18.5. The summed E-state index contributed by atoms with van der Waals surface area (Å²) in [6.45, 7) is 4.07. The molecule has 1 unspecified atom stereocenters. The average Bonchev–Trinajstić information content (AvgIpc) is 2.89. The summed E-state index contributed by atoms with van der Waals surface area (Å²) in [5.41, 5.74) is 9.00. The molecule has 0 fully saturated rings. The summed E-state index contributed by atoms with van der Waals surface area (Å²) in [6.07, 6.45) is 0.188. The molecule has 3 aromatic rings. The van der Waals surface area contributed by atoms with Crippen LogP contribution in [0.1, 0.15) is 30.6 Å². The van der Waals surface area contributed by atoms with Crippen LogP contribution in [0.4, 0.5) is 11.5 Å². The third-order valence-corrected chi connectivity index (χ3v) is 7.51. The second-order valence-corrected chi connectivity index (χ2v) is 10.1. The maximum atomic E-state index is 10.7. The molecule has 166 valence electrons. The first-order valence-electron chi connectivity index (χ1n) is 10.5. The van der Waals surface area contributed by atoms with E-state index in [9.17, 15) is 14.2 Å². The Labute approximate surface area is 184 Å². The number of nitrogens with zero attached hydrogens (tertiary/aromatic N) is 2. The minimum atomic E-state index is -2.85. The molecule has 1 aliphatic heterocycles. The molecule has 31 heavy (non-hydrogen) atoms.